The number of Topliss-reactive ketones (excluding diaryl/α,β-unsaturated/α-hetero) is 1. The van der Waals surface area contributed by atoms with Gasteiger partial charge >= 0.3 is 0 Å². The minimum atomic E-state index is -0.533. The molecule has 3 atom stereocenters. The molecule has 3 aromatic rings. The highest BCUT2D eigenvalue weighted by atomic mass is 35.5. The number of hydrogen-bond acceptors (Lipinski definition) is 5. The molecule has 0 fully saturated rings. The molecular weight excluding hydrogens is 400 g/mol. The molecule has 0 amide bonds. The topological polar surface area (TPSA) is 80.0 Å². The van der Waals surface area contributed by atoms with Crippen molar-refractivity contribution in [2.24, 2.45) is 0 Å². The van der Waals surface area contributed by atoms with E-state index in [9.17, 15) is 9.90 Å². The molecule has 6 nitrogen and oxygen atoms in total. The smallest absolute Gasteiger partial charge is 0.164 e. The van der Waals surface area contributed by atoms with Crippen molar-refractivity contribution in [1.82, 2.24) is 20.1 Å². The lowest BCUT2D eigenvalue weighted by atomic mass is 9.75. The maximum Gasteiger partial charge on any atom is 0.164 e. The Morgan fingerprint density at radius 3 is 2.83 bits per heavy atom. The quantitative estimate of drug-likeness (QED) is 0.671. The molecule has 2 aliphatic rings. The van der Waals surface area contributed by atoms with E-state index in [1.807, 2.05) is 36.4 Å². The number of carbonyl (C=O) groups is 1. The van der Waals surface area contributed by atoms with Crippen molar-refractivity contribution < 1.29 is 9.90 Å². The highest BCUT2D eigenvalue weighted by Crippen LogP contribution is 2.45. The van der Waals surface area contributed by atoms with Gasteiger partial charge in [-0.1, -0.05) is 48.0 Å². The number of aliphatic hydroxyl groups excluding tert-OH is 1. The normalized spacial score (nSPS) is 24.0. The molecule has 1 aromatic heterocycles. The third kappa shape index (κ3) is 3.22. The van der Waals surface area contributed by atoms with Crippen molar-refractivity contribution in [2.75, 3.05) is 6.54 Å². The van der Waals surface area contributed by atoms with Gasteiger partial charge in [-0.25, -0.2) is 9.67 Å². The summed E-state index contributed by atoms with van der Waals surface area (Å²) in [7, 11) is 0. The Bertz CT molecular complexity index is 1130. The Hall–Kier alpha value is -2.96. The van der Waals surface area contributed by atoms with E-state index in [1.54, 1.807) is 17.1 Å². The third-order valence-corrected chi connectivity index (χ3v) is 6.27. The van der Waals surface area contributed by atoms with Crippen LogP contribution in [0.4, 0.5) is 0 Å². The number of benzene rings is 2. The molecule has 2 aromatic carbocycles. The Morgan fingerprint density at radius 1 is 1.17 bits per heavy atom. The average Bonchev–Trinajstić information content (AvgIpc) is 3.28. The van der Waals surface area contributed by atoms with Gasteiger partial charge in [-0.2, -0.15) is 5.10 Å². The third-order valence-electron chi connectivity index (χ3n) is 6.04. The van der Waals surface area contributed by atoms with E-state index < -0.39 is 6.04 Å². The summed E-state index contributed by atoms with van der Waals surface area (Å²) in [5.41, 5.74) is 3.54. The molecule has 0 bridgehead atoms. The van der Waals surface area contributed by atoms with Gasteiger partial charge in [0.15, 0.2) is 5.78 Å². The van der Waals surface area contributed by atoms with Crippen LogP contribution in [-0.2, 0) is 11.2 Å². The van der Waals surface area contributed by atoms with E-state index >= 15 is 0 Å². The van der Waals surface area contributed by atoms with Crippen molar-refractivity contribution in [3.8, 4) is 0 Å². The number of halogens is 1. The summed E-state index contributed by atoms with van der Waals surface area (Å²) in [4.78, 5) is 17.4. The number of ketones is 1. The minimum Gasteiger partial charge on any atom is -0.510 e. The minimum absolute atomic E-state index is 0.0379. The van der Waals surface area contributed by atoms with Crippen molar-refractivity contribution >= 4 is 17.4 Å². The number of aromatic nitrogens is 3. The zero-order valence-corrected chi connectivity index (χ0v) is 17.0. The van der Waals surface area contributed by atoms with Gasteiger partial charge < -0.3 is 10.4 Å². The Balaban J connectivity index is 1.65. The summed E-state index contributed by atoms with van der Waals surface area (Å²) in [6, 6.07) is 14.6. The zero-order chi connectivity index (χ0) is 20.7. The lowest BCUT2D eigenvalue weighted by Crippen LogP contribution is -2.38. The fourth-order valence-electron chi connectivity index (χ4n) is 4.69. The van der Waals surface area contributed by atoms with E-state index in [2.05, 4.69) is 21.5 Å². The van der Waals surface area contributed by atoms with Gasteiger partial charge in [0.05, 0.1) is 11.6 Å². The summed E-state index contributed by atoms with van der Waals surface area (Å²) >= 11 is 6.21. The second-order valence-corrected chi connectivity index (χ2v) is 8.18. The molecule has 0 saturated carbocycles. The van der Waals surface area contributed by atoms with Gasteiger partial charge in [-0.15, -0.1) is 0 Å². The van der Waals surface area contributed by atoms with Crippen LogP contribution in [0.15, 0.2) is 72.5 Å². The standard InChI is InChI=1S/C23H21ClN4O2/c24-16-6-3-5-15(10-16)18-11-19(29)20(23(30)22(18)28-13-25-12-27-28)21-17-7-2-1-4-14(17)8-9-26-21/h1-7,10,12-13,18,21-22,26,30H,8-9,11H2/t18-,21-,22+/m1/s1. The van der Waals surface area contributed by atoms with Gasteiger partial charge in [0.25, 0.3) is 0 Å². The number of aliphatic hydroxyl groups is 1. The molecule has 0 radical (unpaired) electrons. The maximum atomic E-state index is 13.4. The Morgan fingerprint density at radius 2 is 2.03 bits per heavy atom. The molecule has 1 aliphatic heterocycles. The van der Waals surface area contributed by atoms with Crippen LogP contribution < -0.4 is 5.32 Å². The van der Waals surface area contributed by atoms with Crippen LogP contribution >= 0.6 is 11.6 Å². The van der Waals surface area contributed by atoms with Crippen LogP contribution in [0.2, 0.25) is 5.02 Å². The lowest BCUT2D eigenvalue weighted by Gasteiger charge is -2.36. The van der Waals surface area contributed by atoms with Crippen LogP contribution in [0, 0.1) is 0 Å². The first-order valence-corrected chi connectivity index (χ1v) is 10.4. The molecule has 5 rings (SSSR count). The number of nitrogens with zero attached hydrogens (tertiary/aromatic N) is 3. The van der Waals surface area contributed by atoms with Gasteiger partial charge in [0.1, 0.15) is 24.5 Å². The molecule has 0 spiro atoms. The first kappa shape index (κ1) is 19.0. The van der Waals surface area contributed by atoms with Crippen molar-refractivity contribution in [3.63, 3.8) is 0 Å². The second kappa shape index (κ2) is 7.70. The van der Waals surface area contributed by atoms with Crippen molar-refractivity contribution in [3.05, 3.63) is 94.2 Å². The molecule has 0 saturated heterocycles. The fourth-order valence-corrected chi connectivity index (χ4v) is 4.89. The Labute approximate surface area is 179 Å². The first-order valence-electron chi connectivity index (χ1n) is 10.0. The molecular formula is C23H21ClN4O2. The van der Waals surface area contributed by atoms with Gasteiger partial charge in [-0.3, -0.25) is 4.79 Å². The highest BCUT2D eigenvalue weighted by Gasteiger charge is 2.42. The summed E-state index contributed by atoms with van der Waals surface area (Å²) in [5, 5.41) is 19.8. The number of carbonyl (C=O) groups excluding carboxylic acids is 1. The van der Waals surface area contributed by atoms with E-state index in [-0.39, 0.29) is 29.9 Å². The highest BCUT2D eigenvalue weighted by molar-refractivity contribution is 6.30. The van der Waals surface area contributed by atoms with Crippen molar-refractivity contribution in [2.45, 2.75) is 30.8 Å². The number of fused-ring (bicyclic) bond motifs is 1. The number of allylic oxidation sites excluding steroid dienone is 1. The van der Waals surface area contributed by atoms with Gasteiger partial charge in [0.2, 0.25) is 0 Å². The van der Waals surface area contributed by atoms with Crippen LogP contribution in [0.25, 0.3) is 0 Å². The monoisotopic (exact) mass is 420 g/mol. The van der Waals surface area contributed by atoms with E-state index in [1.165, 1.54) is 11.9 Å². The van der Waals surface area contributed by atoms with Crippen LogP contribution in [0.5, 0.6) is 0 Å². The van der Waals surface area contributed by atoms with E-state index in [0.29, 0.717) is 10.6 Å². The summed E-state index contributed by atoms with van der Waals surface area (Å²) in [5.74, 6) is -0.320. The van der Waals surface area contributed by atoms with Crippen LogP contribution in [0.1, 0.15) is 41.1 Å². The summed E-state index contributed by atoms with van der Waals surface area (Å²) in [6.07, 6.45) is 4.16. The van der Waals surface area contributed by atoms with E-state index in [4.69, 9.17) is 11.6 Å². The molecule has 30 heavy (non-hydrogen) atoms. The van der Waals surface area contributed by atoms with Crippen molar-refractivity contribution in [1.29, 1.82) is 0 Å². The number of nitrogens with one attached hydrogen (secondary N) is 1. The number of hydrogen-bond donors (Lipinski definition) is 2. The zero-order valence-electron chi connectivity index (χ0n) is 16.2. The largest absolute Gasteiger partial charge is 0.510 e. The molecule has 2 N–H and O–H groups in total. The second-order valence-electron chi connectivity index (χ2n) is 7.74. The molecule has 152 valence electrons. The SMILES string of the molecule is O=C1C[C@H](c2cccc(Cl)c2)[C@H](n2cncn2)C(O)=C1[C@@H]1NCCc2ccccc21. The predicted octanol–water partition coefficient (Wildman–Crippen LogP) is 3.93. The molecule has 1 aliphatic carbocycles. The van der Waals surface area contributed by atoms with Gasteiger partial charge in [-0.05, 0) is 35.2 Å². The molecule has 0 unspecified atom stereocenters. The van der Waals surface area contributed by atoms with E-state index in [0.717, 1.165) is 24.1 Å². The van der Waals surface area contributed by atoms with Crippen LogP contribution in [-0.4, -0.2) is 32.2 Å². The fraction of sp³-hybridized carbons (Fsp3) is 0.261. The molecule has 2 heterocycles. The summed E-state index contributed by atoms with van der Waals surface area (Å²) in [6.45, 7) is 0.747. The average molecular weight is 421 g/mol. The Kier molecular flexibility index (Phi) is 4.89. The molecule has 7 heteroatoms. The maximum absolute atomic E-state index is 13.4. The lowest BCUT2D eigenvalue weighted by molar-refractivity contribution is -0.117. The van der Waals surface area contributed by atoms with Gasteiger partial charge in [0, 0.05) is 23.9 Å². The predicted molar refractivity (Wildman–Crippen MR) is 113 cm³/mol. The van der Waals surface area contributed by atoms with Crippen LogP contribution in [0.3, 0.4) is 0 Å². The summed E-state index contributed by atoms with van der Waals surface area (Å²) < 4.78 is 1.63. The number of rotatable bonds is 3. The first-order chi connectivity index (χ1) is 14.6.